The minimum absolute atomic E-state index is 0.268. The number of nitrogens with one attached hydrogen (secondary N) is 1. The van der Waals surface area contributed by atoms with Crippen LogP contribution in [0.1, 0.15) is 19.4 Å². The highest BCUT2D eigenvalue weighted by Gasteiger charge is 2.36. The first-order valence-corrected chi connectivity index (χ1v) is 11.9. The van der Waals surface area contributed by atoms with Crippen molar-refractivity contribution in [3.63, 3.8) is 0 Å². The van der Waals surface area contributed by atoms with E-state index in [1.807, 2.05) is 18.2 Å². The van der Waals surface area contributed by atoms with E-state index >= 15 is 0 Å². The molecular formula is C22H20Br2N2O4S. The van der Waals surface area contributed by atoms with Gasteiger partial charge in [0.05, 0.1) is 16.0 Å². The largest absolute Gasteiger partial charge is 0.492 e. The summed E-state index contributed by atoms with van der Waals surface area (Å²) in [5.74, 6) is 0.181. The second-order valence-corrected chi connectivity index (χ2v) is 9.98. The highest BCUT2D eigenvalue weighted by molar-refractivity contribution is 9.10. The molecule has 9 heteroatoms. The summed E-state index contributed by atoms with van der Waals surface area (Å²) in [6, 6.07) is 12.5. The lowest BCUT2D eigenvalue weighted by Gasteiger charge is -2.12. The van der Waals surface area contributed by atoms with Crippen LogP contribution in [0.3, 0.4) is 0 Å². The molecule has 0 atom stereocenters. The van der Waals surface area contributed by atoms with E-state index in [0.29, 0.717) is 24.0 Å². The van der Waals surface area contributed by atoms with E-state index in [1.54, 1.807) is 30.3 Å². The minimum atomic E-state index is -0.489. The Hall–Kier alpha value is -2.10. The van der Waals surface area contributed by atoms with Gasteiger partial charge < -0.3 is 10.1 Å². The number of nitrogens with zero attached hydrogens (tertiary/aromatic N) is 1. The smallest absolute Gasteiger partial charge is 0.294 e. The predicted molar refractivity (Wildman–Crippen MR) is 130 cm³/mol. The third-order valence-corrected chi connectivity index (χ3v) is 6.18. The van der Waals surface area contributed by atoms with Crippen molar-refractivity contribution >= 4 is 72.4 Å². The van der Waals surface area contributed by atoms with Gasteiger partial charge in [-0.15, -0.1) is 0 Å². The Labute approximate surface area is 201 Å². The lowest BCUT2D eigenvalue weighted by molar-refractivity contribution is -0.127. The zero-order valence-corrected chi connectivity index (χ0v) is 20.8. The fraction of sp³-hybridized carbons (Fsp3) is 0.227. The zero-order valence-electron chi connectivity index (χ0n) is 16.9. The molecule has 1 N–H and O–H groups in total. The molecule has 2 aromatic carbocycles. The molecule has 1 aliphatic heterocycles. The average Bonchev–Trinajstić information content (AvgIpc) is 2.96. The molecule has 0 radical (unpaired) electrons. The second-order valence-electron chi connectivity index (χ2n) is 7.22. The first-order valence-electron chi connectivity index (χ1n) is 9.46. The molecule has 31 heavy (non-hydrogen) atoms. The van der Waals surface area contributed by atoms with Crippen LogP contribution in [-0.4, -0.2) is 35.1 Å². The Bertz CT molecular complexity index is 1040. The molecule has 2 aromatic rings. The van der Waals surface area contributed by atoms with Crippen LogP contribution in [0.4, 0.5) is 10.5 Å². The van der Waals surface area contributed by atoms with Crippen molar-refractivity contribution in [1.82, 2.24) is 4.90 Å². The third kappa shape index (κ3) is 6.44. The monoisotopic (exact) mass is 566 g/mol. The number of amides is 3. The summed E-state index contributed by atoms with van der Waals surface area (Å²) in [6.07, 6.45) is 1.63. The molecule has 0 unspecified atom stereocenters. The molecule has 0 aliphatic carbocycles. The van der Waals surface area contributed by atoms with Crippen LogP contribution in [0.2, 0.25) is 0 Å². The van der Waals surface area contributed by atoms with Crippen LogP contribution in [0.15, 0.2) is 56.3 Å². The maximum atomic E-state index is 12.7. The Morgan fingerprint density at radius 2 is 1.87 bits per heavy atom. The number of imide groups is 1. The molecule has 6 nitrogen and oxygen atoms in total. The third-order valence-electron chi connectivity index (χ3n) is 4.13. The van der Waals surface area contributed by atoms with Gasteiger partial charge in [-0.05, 0) is 81.6 Å². The number of benzene rings is 2. The van der Waals surface area contributed by atoms with Gasteiger partial charge in [-0.2, -0.15) is 0 Å². The Balaban J connectivity index is 1.66. The van der Waals surface area contributed by atoms with Crippen molar-refractivity contribution in [2.45, 2.75) is 13.8 Å². The molecular weight excluding hydrogens is 548 g/mol. The predicted octanol–water partition coefficient (Wildman–Crippen LogP) is 5.92. The molecule has 1 saturated heterocycles. The van der Waals surface area contributed by atoms with Crippen molar-refractivity contribution < 1.29 is 19.1 Å². The van der Waals surface area contributed by atoms with E-state index in [4.69, 9.17) is 4.74 Å². The van der Waals surface area contributed by atoms with E-state index in [2.05, 4.69) is 51.0 Å². The number of rotatable bonds is 7. The first kappa shape index (κ1) is 23.6. The van der Waals surface area contributed by atoms with Gasteiger partial charge in [0.25, 0.3) is 11.1 Å². The van der Waals surface area contributed by atoms with Crippen molar-refractivity contribution in [1.29, 1.82) is 0 Å². The van der Waals surface area contributed by atoms with E-state index in [0.717, 1.165) is 31.2 Å². The number of carbonyl (C=O) groups excluding carboxylic acids is 3. The SMILES string of the molecule is CC(C)COc1ccc(/C=C2/SC(=O)N(CC(=O)Nc3ccc(Br)cc3)C2=O)cc1Br. The van der Waals surface area contributed by atoms with Crippen LogP contribution in [0.25, 0.3) is 6.08 Å². The summed E-state index contributed by atoms with van der Waals surface area (Å²) in [5.41, 5.74) is 1.33. The number of anilines is 1. The van der Waals surface area contributed by atoms with Gasteiger partial charge in [0, 0.05) is 10.2 Å². The van der Waals surface area contributed by atoms with Crippen LogP contribution in [0.5, 0.6) is 5.75 Å². The van der Waals surface area contributed by atoms with Gasteiger partial charge >= 0.3 is 0 Å². The van der Waals surface area contributed by atoms with Crippen molar-refractivity contribution in [3.8, 4) is 5.75 Å². The van der Waals surface area contributed by atoms with Gasteiger partial charge in [-0.1, -0.05) is 35.8 Å². The molecule has 0 saturated carbocycles. The summed E-state index contributed by atoms with van der Waals surface area (Å²) < 4.78 is 7.37. The average molecular weight is 568 g/mol. The summed E-state index contributed by atoms with van der Waals surface area (Å²) in [6.45, 7) is 4.39. The molecule has 3 amide bonds. The maximum Gasteiger partial charge on any atom is 0.294 e. The molecule has 1 fully saturated rings. The first-order chi connectivity index (χ1) is 14.7. The van der Waals surface area contributed by atoms with Crippen LogP contribution in [-0.2, 0) is 9.59 Å². The number of hydrogen-bond donors (Lipinski definition) is 1. The Morgan fingerprint density at radius 1 is 1.16 bits per heavy atom. The Morgan fingerprint density at radius 3 is 2.52 bits per heavy atom. The van der Waals surface area contributed by atoms with Gasteiger partial charge in [0.15, 0.2) is 0 Å². The van der Waals surface area contributed by atoms with Crippen LogP contribution < -0.4 is 10.1 Å². The number of ether oxygens (including phenoxy) is 1. The molecule has 0 spiro atoms. The second kappa shape index (κ2) is 10.5. The highest BCUT2D eigenvalue weighted by atomic mass is 79.9. The minimum Gasteiger partial charge on any atom is -0.492 e. The van der Waals surface area contributed by atoms with E-state index in [1.165, 1.54) is 0 Å². The van der Waals surface area contributed by atoms with Crippen LogP contribution >= 0.6 is 43.6 Å². The summed E-state index contributed by atoms with van der Waals surface area (Å²) in [4.78, 5) is 38.5. The van der Waals surface area contributed by atoms with Crippen molar-refractivity contribution in [3.05, 3.63) is 61.9 Å². The number of carbonyl (C=O) groups is 3. The van der Waals surface area contributed by atoms with E-state index in [-0.39, 0.29) is 11.4 Å². The normalized spacial score (nSPS) is 15.1. The molecule has 3 rings (SSSR count). The molecule has 1 aliphatic rings. The number of thioether (sulfide) groups is 1. The summed E-state index contributed by atoms with van der Waals surface area (Å²) >= 11 is 7.62. The fourth-order valence-corrected chi connectivity index (χ4v) is 4.26. The summed E-state index contributed by atoms with van der Waals surface area (Å²) in [7, 11) is 0. The van der Waals surface area contributed by atoms with Gasteiger partial charge in [-0.25, -0.2) is 0 Å². The highest BCUT2D eigenvalue weighted by Crippen LogP contribution is 2.34. The Kier molecular flexibility index (Phi) is 7.96. The fourth-order valence-electron chi connectivity index (χ4n) is 2.65. The topological polar surface area (TPSA) is 75.7 Å². The van der Waals surface area contributed by atoms with Gasteiger partial charge in [0.1, 0.15) is 12.3 Å². The molecule has 0 bridgehead atoms. The van der Waals surface area contributed by atoms with Crippen molar-refractivity contribution in [2.75, 3.05) is 18.5 Å². The zero-order chi connectivity index (χ0) is 22.5. The van der Waals surface area contributed by atoms with Gasteiger partial charge in [0.2, 0.25) is 5.91 Å². The number of halogens is 2. The lowest BCUT2D eigenvalue weighted by atomic mass is 10.2. The quantitative estimate of drug-likeness (QED) is 0.420. The van der Waals surface area contributed by atoms with E-state index < -0.39 is 17.1 Å². The number of hydrogen-bond acceptors (Lipinski definition) is 5. The van der Waals surface area contributed by atoms with Crippen molar-refractivity contribution in [2.24, 2.45) is 5.92 Å². The van der Waals surface area contributed by atoms with Crippen LogP contribution in [0, 0.1) is 5.92 Å². The molecule has 0 aromatic heterocycles. The standard InChI is InChI=1S/C22H20Br2N2O4S/c1-13(2)12-30-18-8-3-14(9-17(18)24)10-19-21(28)26(22(29)31-19)11-20(27)25-16-6-4-15(23)5-7-16/h3-10,13H,11-12H2,1-2H3,(H,25,27)/b19-10+. The molecule has 1 heterocycles. The lowest BCUT2D eigenvalue weighted by Crippen LogP contribution is -2.36. The molecule has 162 valence electrons. The van der Waals surface area contributed by atoms with Gasteiger partial charge in [-0.3, -0.25) is 19.3 Å². The summed E-state index contributed by atoms with van der Waals surface area (Å²) in [5, 5.41) is 2.21. The maximum absolute atomic E-state index is 12.7. The van der Waals surface area contributed by atoms with E-state index in [9.17, 15) is 14.4 Å².